The minimum absolute atomic E-state index is 0.00188. The average molecular weight is 299 g/mol. The average Bonchev–Trinajstić information content (AvgIpc) is 2.54. The molecule has 1 amide bonds. The molecule has 2 aromatic carbocycles. The van der Waals surface area contributed by atoms with E-state index in [1.165, 1.54) is 43.5 Å². The summed E-state index contributed by atoms with van der Waals surface area (Å²) in [5.74, 6) is -2.09. The van der Waals surface area contributed by atoms with Crippen LogP contribution in [0, 0.1) is 0 Å². The number of carbonyl (C=O) groups excluding carboxylic acids is 2. The van der Waals surface area contributed by atoms with Gasteiger partial charge >= 0.3 is 11.9 Å². The first-order chi connectivity index (χ1) is 10.5. The van der Waals surface area contributed by atoms with Crippen molar-refractivity contribution in [1.82, 2.24) is 0 Å². The Morgan fingerprint density at radius 3 is 2.14 bits per heavy atom. The van der Waals surface area contributed by atoms with Crippen LogP contribution >= 0.6 is 0 Å². The molecule has 0 spiro atoms. The number of hydrogen-bond donors (Lipinski definition) is 2. The standard InChI is InChI=1S/C16H13NO5/c1-22-16(21)11-8-6-10(7-9-11)14(18)17-13-5-3-2-4-12(13)15(19)20/h2-9H,1H3,(H,17,18)(H,19,20). The van der Waals surface area contributed by atoms with E-state index in [0.717, 1.165) is 0 Å². The molecular formula is C16H13NO5. The molecular weight excluding hydrogens is 286 g/mol. The van der Waals surface area contributed by atoms with Crippen molar-refractivity contribution in [2.45, 2.75) is 0 Å². The van der Waals surface area contributed by atoms with Crippen molar-refractivity contribution in [3.8, 4) is 0 Å². The van der Waals surface area contributed by atoms with Crippen LogP contribution < -0.4 is 5.32 Å². The Labute approximate surface area is 126 Å². The highest BCUT2D eigenvalue weighted by atomic mass is 16.5. The van der Waals surface area contributed by atoms with Gasteiger partial charge in [0.05, 0.1) is 23.9 Å². The van der Waals surface area contributed by atoms with E-state index in [1.807, 2.05) is 0 Å². The Balaban J connectivity index is 2.19. The smallest absolute Gasteiger partial charge is 0.337 e. The van der Waals surface area contributed by atoms with Gasteiger partial charge in [-0.05, 0) is 36.4 Å². The highest BCUT2D eigenvalue weighted by molar-refractivity contribution is 6.08. The van der Waals surface area contributed by atoms with Crippen LogP contribution in [0.2, 0.25) is 0 Å². The van der Waals surface area contributed by atoms with Crippen LogP contribution in [0.25, 0.3) is 0 Å². The molecule has 0 radical (unpaired) electrons. The molecule has 0 saturated heterocycles. The van der Waals surface area contributed by atoms with E-state index in [1.54, 1.807) is 12.1 Å². The number of amides is 1. The Morgan fingerprint density at radius 2 is 1.55 bits per heavy atom. The predicted molar refractivity (Wildman–Crippen MR) is 79.1 cm³/mol. The van der Waals surface area contributed by atoms with E-state index in [-0.39, 0.29) is 11.3 Å². The topological polar surface area (TPSA) is 92.7 Å². The van der Waals surface area contributed by atoms with Crippen molar-refractivity contribution in [1.29, 1.82) is 0 Å². The van der Waals surface area contributed by atoms with Gasteiger partial charge < -0.3 is 15.2 Å². The zero-order valence-corrected chi connectivity index (χ0v) is 11.7. The lowest BCUT2D eigenvalue weighted by Crippen LogP contribution is -2.15. The summed E-state index contributed by atoms with van der Waals surface area (Å²) in [6.45, 7) is 0. The number of para-hydroxylation sites is 1. The second kappa shape index (κ2) is 6.53. The van der Waals surface area contributed by atoms with E-state index in [4.69, 9.17) is 5.11 Å². The lowest BCUT2D eigenvalue weighted by Gasteiger charge is -2.08. The van der Waals surface area contributed by atoms with Gasteiger partial charge in [-0.3, -0.25) is 4.79 Å². The van der Waals surface area contributed by atoms with Crippen LogP contribution in [0.15, 0.2) is 48.5 Å². The lowest BCUT2D eigenvalue weighted by atomic mass is 10.1. The summed E-state index contributed by atoms with van der Waals surface area (Å²) in [7, 11) is 1.27. The first-order valence-corrected chi connectivity index (χ1v) is 6.35. The molecule has 0 aliphatic heterocycles. The number of carboxylic acid groups (broad SMARTS) is 1. The summed E-state index contributed by atoms with van der Waals surface area (Å²) in [5, 5.41) is 11.6. The highest BCUT2D eigenvalue weighted by Crippen LogP contribution is 2.16. The molecule has 22 heavy (non-hydrogen) atoms. The molecule has 6 heteroatoms. The van der Waals surface area contributed by atoms with Gasteiger partial charge in [0, 0.05) is 5.56 Å². The first-order valence-electron chi connectivity index (χ1n) is 6.35. The maximum Gasteiger partial charge on any atom is 0.337 e. The predicted octanol–water partition coefficient (Wildman–Crippen LogP) is 2.42. The minimum Gasteiger partial charge on any atom is -0.478 e. The fourth-order valence-electron chi connectivity index (χ4n) is 1.85. The number of anilines is 1. The van der Waals surface area contributed by atoms with Gasteiger partial charge in [-0.15, -0.1) is 0 Å². The quantitative estimate of drug-likeness (QED) is 0.846. The van der Waals surface area contributed by atoms with E-state index < -0.39 is 17.8 Å². The van der Waals surface area contributed by atoms with Crippen molar-refractivity contribution >= 4 is 23.5 Å². The Morgan fingerprint density at radius 1 is 0.955 bits per heavy atom. The highest BCUT2D eigenvalue weighted by Gasteiger charge is 2.13. The van der Waals surface area contributed by atoms with Gasteiger partial charge in [-0.2, -0.15) is 0 Å². The summed E-state index contributed by atoms with van der Waals surface area (Å²) >= 11 is 0. The maximum absolute atomic E-state index is 12.1. The number of aromatic carboxylic acids is 1. The van der Waals surface area contributed by atoms with E-state index in [0.29, 0.717) is 11.1 Å². The van der Waals surface area contributed by atoms with E-state index in [2.05, 4.69) is 10.1 Å². The fourth-order valence-corrected chi connectivity index (χ4v) is 1.85. The second-order valence-corrected chi connectivity index (χ2v) is 4.37. The van der Waals surface area contributed by atoms with Crippen molar-refractivity contribution in [2.75, 3.05) is 12.4 Å². The minimum atomic E-state index is -1.13. The van der Waals surface area contributed by atoms with Gasteiger partial charge in [0.25, 0.3) is 5.91 Å². The van der Waals surface area contributed by atoms with E-state index in [9.17, 15) is 14.4 Å². The third kappa shape index (κ3) is 3.29. The fraction of sp³-hybridized carbons (Fsp3) is 0.0625. The zero-order valence-electron chi connectivity index (χ0n) is 11.7. The summed E-state index contributed by atoms with van der Waals surface area (Å²) < 4.78 is 4.57. The number of ether oxygens (including phenoxy) is 1. The molecule has 0 saturated carbocycles. The van der Waals surface area contributed by atoms with Gasteiger partial charge in [0.15, 0.2) is 0 Å². The number of nitrogens with one attached hydrogen (secondary N) is 1. The molecule has 0 bridgehead atoms. The molecule has 0 fully saturated rings. The lowest BCUT2D eigenvalue weighted by molar-refractivity contribution is 0.0599. The molecule has 0 aliphatic carbocycles. The number of carboxylic acids is 1. The molecule has 2 aromatic rings. The van der Waals surface area contributed by atoms with Crippen molar-refractivity contribution < 1.29 is 24.2 Å². The van der Waals surface area contributed by atoms with Crippen LogP contribution in [0.3, 0.4) is 0 Å². The van der Waals surface area contributed by atoms with Gasteiger partial charge in [-0.25, -0.2) is 9.59 Å². The molecule has 0 aliphatic rings. The van der Waals surface area contributed by atoms with Crippen molar-refractivity contribution in [2.24, 2.45) is 0 Å². The number of methoxy groups -OCH3 is 1. The molecule has 6 nitrogen and oxygen atoms in total. The molecule has 112 valence electrons. The normalized spacial score (nSPS) is 9.86. The number of carbonyl (C=O) groups is 3. The second-order valence-electron chi connectivity index (χ2n) is 4.37. The van der Waals surface area contributed by atoms with Crippen LogP contribution in [-0.2, 0) is 4.74 Å². The largest absolute Gasteiger partial charge is 0.478 e. The van der Waals surface area contributed by atoms with Crippen molar-refractivity contribution in [3.05, 3.63) is 65.2 Å². The Hall–Kier alpha value is -3.15. The molecule has 0 unspecified atom stereocenters. The third-order valence-corrected chi connectivity index (χ3v) is 2.97. The number of hydrogen-bond acceptors (Lipinski definition) is 4. The zero-order chi connectivity index (χ0) is 16.1. The van der Waals surface area contributed by atoms with E-state index >= 15 is 0 Å². The Kier molecular flexibility index (Phi) is 4.53. The molecule has 0 heterocycles. The summed E-state index contributed by atoms with van der Waals surface area (Å²) in [4.78, 5) is 34.5. The van der Waals surface area contributed by atoms with Crippen LogP contribution in [0.4, 0.5) is 5.69 Å². The first kappa shape index (κ1) is 15.2. The van der Waals surface area contributed by atoms with Crippen LogP contribution in [-0.4, -0.2) is 30.1 Å². The SMILES string of the molecule is COC(=O)c1ccc(C(=O)Nc2ccccc2C(=O)O)cc1. The molecule has 2 N–H and O–H groups in total. The monoisotopic (exact) mass is 299 g/mol. The number of benzene rings is 2. The van der Waals surface area contributed by atoms with Crippen LogP contribution in [0.5, 0.6) is 0 Å². The summed E-state index contributed by atoms with van der Waals surface area (Å²) in [5.41, 5.74) is 0.830. The number of esters is 1. The van der Waals surface area contributed by atoms with Gasteiger partial charge in [0.2, 0.25) is 0 Å². The van der Waals surface area contributed by atoms with Crippen molar-refractivity contribution in [3.63, 3.8) is 0 Å². The Bertz CT molecular complexity index is 722. The molecule has 0 atom stereocenters. The maximum atomic E-state index is 12.1. The molecule has 2 rings (SSSR count). The number of rotatable bonds is 4. The summed E-state index contributed by atoms with van der Waals surface area (Å²) in [6, 6.07) is 12.0. The third-order valence-electron chi connectivity index (χ3n) is 2.97. The summed E-state index contributed by atoms with van der Waals surface area (Å²) in [6.07, 6.45) is 0. The van der Waals surface area contributed by atoms with Crippen LogP contribution in [0.1, 0.15) is 31.1 Å². The van der Waals surface area contributed by atoms with Gasteiger partial charge in [-0.1, -0.05) is 12.1 Å². The molecule has 0 aromatic heterocycles. The van der Waals surface area contributed by atoms with Gasteiger partial charge in [0.1, 0.15) is 0 Å².